The Morgan fingerprint density at radius 3 is 2.63 bits per heavy atom. The Morgan fingerprint density at radius 1 is 1.15 bits per heavy atom. The highest BCUT2D eigenvalue weighted by atomic mass is 127. The quantitative estimate of drug-likeness (QED) is 0.609. The number of ether oxygens (including phenoxy) is 2. The van der Waals surface area contributed by atoms with Crippen LogP contribution in [0, 0.1) is 10.5 Å². The molecule has 4 rings (SSSR count). The van der Waals surface area contributed by atoms with Crippen molar-refractivity contribution in [1.82, 2.24) is 4.90 Å². The van der Waals surface area contributed by atoms with E-state index in [1.165, 1.54) is 12.8 Å². The minimum Gasteiger partial charge on any atom is -0.491 e. The van der Waals surface area contributed by atoms with Crippen molar-refractivity contribution in [1.29, 1.82) is 0 Å². The summed E-state index contributed by atoms with van der Waals surface area (Å²) < 4.78 is 18.6. The maximum atomic E-state index is 12.7. The molecular formula is C20H25IN2O4. The average Bonchev–Trinajstić information content (AvgIpc) is 3.19. The van der Waals surface area contributed by atoms with Crippen LogP contribution in [0.5, 0.6) is 5.75 Å². The SMILES string of the molecule is Cc1c(OCCN2CCCC2)c(I)cc2c(=O)cc(N3CCOCC3)oc12. The molecular weight excluding hydrogens is 459 g/mol. The van der Waals surface area contributed by atoms with Crippen LogP contribution >= 0.6 is 22.6 Å². The minimum atomic E-state index is -0.0117. The zero-order valence-electron chi connectivity index (χ0n) is 15.6. The van der Waals surface area contributed by atoms with E-state index in [2.05, 4.69) is 32.4 Å². The summed E-state index contributed by atoms with van der Waals surface area (Å²) in [5.41, 5.74) is 1.51. The number of benzene rings is 1. The third kappa shape index (κ3) is 4.09. The van der Waals surface area contributed by atoms with Gasteiger partial charge in [0, 0.05) is 31.3 Å². The normalized spacial score (nSPS) is 18.4. The highest BCUT2D eigenvalue weighted by Gasteiger charge is 2.19. The van der Waals surface area contributed by atoms with E-state index in [4.69, 9.17) is 13.9 Å². The Labute approximate surface area is 172 Å². The highest BCUT2D eigenvalue weighted by molar-refractivity contribution is 14.1. The van der Waals surface area contributed by atoms with Gasteiger partial charge in [-0.15, -0.1) is 0 Å². The van der Waals surface area contributed by atoms with Crippen molar-refractivity contribution in [2.45, 2.75) is 19.8 Å². The number of halogens is 1. The Morgan fingerprint density at radius 2 is 1.89 bits per heavy atom. The lowest BCUT2D eigenvalue weighted by atomic mass is 10.1. The van der Waals surface area contributed by atoms with Gasteiger partial charge in [-0.05, 0) is 61.5 Å². The first-order valence-corrected chi connectivity index (χ1v) is 10.7. The van der Waals surface area contributed by atoms with Crippen LogP contribution in [-0.4, -0.2) is 57.4 Å². The van der Waals surface area contributed by atoms with Crippen molar-refractivity contribution in [3.63, 3.8) is 0 Å². The van der Waals surface area contributed by atoms with Crippen LogP contribution in [-0.2, 0) is 4.74 Å². The second kappa shape index (κ2) is 8.36. The first kappa shape index (κ1) is 19.0. The molecule has 0 saturated carbocycles. The summed E-state index contributed by atoms with van der Waals surface area (Å²) in [4.78, 5) is 17.2. The van der Waals surface area contributed by atoms with Crippen molar-refractivity contribution in [2.24, 2.45) is 0 Å². The van der Waals surface area contributed by atoms with Gasteiger partial charge >= 0.3 is 0 Å². The van der Waals surface area contributed by atoms with Gasteiger partial charge in [-0.25, -0.2) is 0 Å². The molecule has 1 aromatic heterocycles. The van der Waals surface area contributed by atoms with Crippen molar-refractivity contribution in [3.05, 3.63) is 31.5 Å². The molecule has 2 aliphatic rings. The maximum Gasteiger partial charge on any atom is 0.200 e. The lowest BCUT2D eigenvalue weighted by molar-refractivity contribution is 0.121. The molecule has 2 aromatic rings. The number of likely N-dealkylation sites (tertiary alicyclic amines) is 1. The molecule has 6 nitrogen and oxygen atoms in total. The predicted molar refractivity (Wildman–Crippen MR) is 114 cm³/mol. The van der Waals surface area contributed by atoms with Crippen molar-refractivity contribution in [2.75, 3.05) is 57.4 Å². The Bertz CT molecular complexity index is 870. The fourth-order valence-electron chi connectivity index (χ4n) is 3.78. The molecule has 0 atom stereocenters. The molecule has 2 saturated heterocycles. The topological polar surface area (TPSA) is 55.2 Å². The van der Waals surface area contributed by atoms with Gasteiger partial charge in [0.15, 0.2) is 11.3 Å². The lowest BCUT2D eigenvalue weighted by Gasteiger charge is -2.27. The van der Waals surface area contributed by atoms with Crippen LogP contribution in [0.4, 0.5) is 5.88 Å². The lowest BCUT2D eigenvalue weighted by Crippen LogP contribution is -2.36. The van der Waals surface area contributed by atoms with Crippen LogP contribution in [0.3, 0.4) is 0 Å². The highest BCUT2D eigenvalue weighted by Crippen LogP contribution is 2.33. The van der Waals surface area contributed by atoms with Gasteiger partial charge in [-0.1, -0.05) is 0 Å². The summed E-state index contributed by atoms with van der Waals surface area (Å²) in [6.45, 7) is 8.65. The molecule has 0 unspecified atom stereocenters. The fourth-order valence-corrected chi connectivity index (χ4v) is 4.65. The van der Waals surface area contributed by atoms with E-state index in [1.807, 2.05) is 13.0 Å². The van der Waals surface area contributed by atoms with E-state index in [0.29, 0.717) is 36.7 Å². The third-order valence-electron chi connectivity index (χ3n) is 5.32. The van der Waals surface area contributed by atoms with Crippen molar-refractivity contribution < 1.29 is 13.9 Å². The summed E-state index contributed by atoms with van der Waals surface area (Å²) in [5, 5.41) is 0.612. The Hall–Kier alpha value is -1.32. The summed E-state index contributed by atoms with van der Waals surface area (Å²) >= 11 is 2.24. The molecule has 7 heteroatoms. The molecule has 0 bridgehead atoms. The fraction of sp³-hybridized carbons (Fsp3) is 0.550. The van der Waals surface area contributed by atoms with Crippen molar-refractivity contribution in [3.8, 4) is 5.75 Å². The largest absolute Gasteiger partial charge is 0.491 e. The molecule has 0 spiro atoms. The van der Waals surface area contributed by atoms with Gasteiger partial charge in [-0.2, -0.15) is 0 Å². The molecule has 146 valence electrons. The van der Waals surface area contributed by atoms with Gasteiger partial charge in [-0.3, -0.25) is 9.69 Å². The van der Waals surface area contributed by atoms with E-state index in [-0.39, 0.29) is 5.43 Å². The number of morpholine rings is 1. The second-order valence-corrected chi connectivity index (χ2v) is 8.30. The molecule has 1 aromatic carbocycles. The van der Waals surface area contributed by atoms with E-state index in [0.717, 1.165) is 47.6 Å². The van der Waals surface area contributed by atoms with Gasteiger partial charge in [0.25, 0.3) is 0 Å². The summed E-state index contributed by atoms with van der Waals surface area (Å²) in [6, 6.07) is 3.47. The number of rotatable bonds is 5. The maximum absolute atomic E-state index is 12.7. The summed E-state index contributed by atoms with van der Waals surface area (Å²) in [6.07, 6.45) is 2.56. The van der Waals surface area contributed by atoms with Crippen LogP contribution in [0.25, 0.3) is 11.0 Å². The number of hydrogen-bond donors (Lipinski definition) is 0. The molecule has 0 N–H and O–H groups in total. The number of nitrogens with zero attached hydrogens (tertiary/aromatic N) is 2. The monoisotopic (exact) mass is 484 g/mol. The molecule has 2 fully saturated rings. The van der Waals surface area contributed by atoms with Crippen LogP contribution in [0.2, 0.25) is 0 Å². The van der Waals surface area contributed by atoms with E-state index < -0.39 is 0 Å². The van der Waals surface area contributed by atoms with Crippen molar-refractivity contribution >= 4 is 39.4 Å². The standard InChI is InChI=1S/C20H25IN2O4/c1-14-19-15(17(24)13-18(27-19)23-7-9-25-10-8-23)12-16(21)20(14)26-11-6-22-4-2-3-5-22/h12-13H,2-11H2,1H3. The van der Waals surface area contributed by atoms with Gasteiger partial charge in [0.2, 0.25) is 0 Å². The van der Waals surface area contributed by atoms with Gasteiger partial charge in [0.05, 0.1) is 22.2 Å². The molecule has 0 aliphatic carbocycles. The number of aryl methyl sites for hydroxylation is 1. The molecule has 27 heavy (non-hydrogen) atoms. The van der Waals surface area contributed by atoms with Gasteiger partial charge in [0.1, 0.15) is 17.9 Å². The first-order valence-electron chi connectivity index (χ1n) is 9.58. The minimum absolute atomic E-state index is 0.0117. The van der Waals surface area contributed by atoms with Crippen LogP contribution in [0.1, 0.15) is 18.4 Å². The number of hydrogen-bond acceptors (Lipinski definition) is 6. The van der Waals surface area contributed by atoms with Crippen LogP contribution < -0.4 is 15.1 Å². The smallest absolute Gasteiger partial charge is 0.200 e. The Kier molecular flexibility index (Phi) is 5.89. The Balaban J connectivity index is 1.62. The zero-order chi connectivity index (χ0) is 18.8. The van der Waals surface area contributed by atoms with E-state index in [1.54, 1.807) is 6.07 Å². The van der Waals surface area contributed by atoms with E-state index in [9.17, 15) is 4.79 Å². The molecule has 0 amide bonds. The average molecular weight is 484 g/mol. The molecule has 0 radical (unpaired) electrons. The van der Waals surface area contributed by atoms with Crippen LogP contribution in [0.15, 0.2) is 21.3 Å². The molecule has 3 heterocycles. The van der Waals surface area contributed by atoms with Gasteiger partial charge < -0.3 is 18.8 Å². The number of fused-ring (bicyclic) bond motifs is 1. The first-order chi connectivity index (χ1) is 13.1. The molecule has 2 aliphatic heterocycles. The predicted octanol–water partition coefficient (Wildman–Crippen LogP) is 3.02. The van der Waals surface area contributed by atoms with E-state index >= 15 is 0 Å². The second-order valence-electron chi connectivity index (χ2n) is 7.13. The zero-order valence-corrected chi connectivity index (χ0v) is 17.8. The number of anilines is 1. The third-order valence-corrected chi connectivity index (χ3v) is 6.12. The summed E-state index contributed by atoms with van der Waals surface area (Å²) in [5.74, 6) is 1.44. The summed E-state index contributed by atoms with van der Waals surface area (Å²) in [7, 11) is 0.